The van der Waals surface area contributed by atoms with Crippen molar-refractivity contribution in [2.75, 3.05) is 13.1 Å². The standard InChI is InChI=1S/C11H19N3OS/c1-3-9(6-12)10(15)14-7-8(2)11-13-4-5-16-11/h4-5,8-9H,3,6-7,12H2,1-2H3,(H,14,15). The Kier molecular flexibility index (Phi) is 5.42. The SMILES string of the molecule is CCC(CN)C(=O)NCC(C)c1nccs1. The zero-order valence-electron chi connectivity index (χ0n) is 9.77. The van der Waals surface area contributed by atoms with Gasteiger partial charge in [0.05, 0.1) is 5.01 Å². The van der Waals surface area contributed by atoms with Gasteiger partial charge in [-0.2, -0.15) is 0 Å². The van der Waals surface area contributed by atoms with Crippen LogP contribution in [0.5, 0.6) is 0 Å². The summed E-state index contributed by atoms with van der Waals surface area (Å²) in [5, 5.41) is 5.92. The van der Waals surface area contributed by atoms with Crippen LogP contribution in [0.2, 0.25) is 0 Å². The third kappa shape index (κ3) is 3.57. The van der Waals surface area contributed by atoms with E-state index in [1.807, 2.05) is 12.3 Å². The highest BCUT2D eigenvalue weighted by Crippen LogP contribution is 2.16. The van der Waals surface area contributed by atoms with Crippen LogP contribution in [0.15, 0.2) is 11.6 Å². The van der Waals surface area contributed by atoms with Crippen LogP contribution in [0.1, 0.15) is 31.2 Å². The number of nitrogens with zero attached hydrogens (tertiary/aromatic N) is 1. The first-order valence-corrected chi connectivity index (χ1v) is 6.44. The van der Waals surface area contributed by atoms with E-state index in [0.717, 1.165) is 11.4 Å². The molecule has 16 heavy (non-hydrogen) atoms. The van der Waals surface area contributed by atoms with Gasteiger partial charge in [-0.15, -0.1) is 11.3 Å². The van der Waals surface area contributed by atoms with Crippen LogP contribution in [0.25, 0.3) is 0 Å². The number of rotatable bonds is 6. The van der Waals surface area contributed by atoms with Gasteiger partial charge < -0.3 is 11.1 Å². The lowest BCUT2D eigenvalue weighted by Crippen LogP contribution is -2.36. The Balaban J connectivity index is 2.37. The second-order valence-corrected chi connectivity index (χ2v) is 4.78. The fourth-order valence-electron chi connectivity index (χ4n) is 1.42. The molecule has 2 unspecified atom stereocenters. The molecule has 0 spiro atoms. The molecule has 4 nitrogen and oxygen atoms in total. The summed E-state index contributed by atoms with van der Waals surface area (Å²) in [6.07, 6.45) is 2.57. The average molecular weight is 241 g/mol. The van der Waals surface area contributed by atoms with Crippen molar-refractivity contribution in [3.63, 3.8) is 0 Å². The summed E-state index contributed by atoms with van der Waals surface area (Å²) < 4.78 is 0. The van der Waals surface area contributed by atoms with Crippen LogP contribution < -0.4 is 11.1 Å². The molecule has 1 heterocycles. The first kappa shape index (κ1) is 13.1. The molecule has 0 saturated heterocycles. The minimum Gasteiger partial charge on any atom is -0.355 e. The van der Waals surface area contributed by atoms with Crippen molar-refractivity contribution >= 4 is 17.2 Å². The summed E-state index contributed by atoms with van der Waals surface area (Å²) in [7, 11) is 0. The van der Waals surface area contributed by atoms with Crippen molar-refractivity contribution in [1.82, 2.24) is 10.3 Å². The minimum absolute atomic E-state index is 0.0495. The summed E-state index contributed by atoms with van der Waals surface area (Å²) in [4.78, 5) is 15.9. The molecule has 0 fully saturated rings. The van der Waals surface area contributed by atoms with Gasteiger partial charge in [-0.1, -0.05) is 13.8 Å². The maximum atomic E-state index is 11.7. The Morgan fingerprint density at radius 1 is 1.69 bits per heavy atom. The minimum atomic E-state index is -0.0662. The number of carbonyl (C=O) groups excluding carboxylic acids is 1. The molecule has 0 radical (unpaired) electrons. The third-order valence-electron chi connectivity index (χ3n) is 2.60. The van der Waals surface area contributed by atoms with E-state index in [1.54, 1.807) is 17.5 Å². The maximum Gasteiger partial charge on any atom is 0.224 e. The van der Waals surface area contributed by atoms with E-state index < -0.39 is 0 Å². The molecule has 5 heteroatoms. The van der Waals surface area contributed by atoms with Crippen molar-refractivity contribution in [3.8, 4) is 0 Å². The predicted octanol–water partition coefficient (Wildman–Crippen LogP) is 1.35. The van der Waals surface area contributed by atoms with E-state index in [4.69, 9.17) is 5.73 Å². The Hall–Kier alpha value is -0.940. The Bertz CT molecular complexity index is 309. The number of thiazole rings is 1. The van der Waals surface area contributed by atoms with E-state index in [1.165, 1.54) is 0 Å². The molecular weight excluding hydrogens is 222 g/mol. The molecular formula is C11H19N3OS. The van der Waals surface area contributed by atoms with Gasteiger partial charge in [0.15, 0.2) is 0 Å². The zero-order chi connectivity index (χ0) is 12.0. The van der Waals surface area contributed by atoms with Crippen LogP contribution in [0, 0.1) is 5.92 Å². The van der Waals surface area contributed by atoms with Crippen molar-refractivity contribution in [1.29, 1.82) is 0 Å². The van der Waals surface area contributed by atoms with Gasteiger partial charge in [-0.3, -0.25) is 4.79 Å². The molecule has 2 atom stereocenters. The summed E-state index contributed by atoms with van der Waals surface area (Å²) in [6.45, 7) is 5.07. The van der Waals surface area contributed by atoms with E-state index in [-0.39, 0.29) is 17.7 Å². The Morgan fingerprint density at radius 2 is 2.44 bits per heavy atom. The molecule has 1 rings (SSSR count). The van der Waals surface area contributed by atoms with Crippen LogP contribution in [0.3, 0.4) is 0 Å². The second-order valence-electron chi connectivity index (χ2n) is 3.86. The van der Waals surface area contributed by atoms with Gasteiger partial charge >= 0.3 is 0 Å². The first-order chi connectivity index (χ1) is 7.69. The topological polar surface area (TPSA) is 68.0 Å². The van der Waals surface area contributed by atoms with Crippen molar-refractivity contribution < 1.29 is 4.79 Å². The first-order valence-electron chi connectivity index (χ1n) is 5.56. The lowest BCUT2D eigenvalue weighted by molar-refractivity contribution is -0.124. The normalized spacial score (nSPS) is 14.4. The van der Waals surface area contributed by atoms with E-state index in [0.29, 0.717) is 13.1 Å². The zero-order valence-corrected chi connectivity index (χ0v) is 10.6. The number of nitrogens with two attached hydrogens (primary N) is 1. The van der Waals surface area contributed by atoms with Crippen molar-refractivity contribution in [2.24, 2.45) is 11.7 Å². The summed E-state index contributed by atoms with van der Waals surface area (Å²) in [5.74, 6) is 0.246. The van der Waals surface area contributed by atoms with Gasteiger partial charge in [0.25, 0.3) is 0 Å². The molecule has 0 aliphatic rings. The van der Waals surface area contributed by atoms with Gasteiger partial charge in [-0.05, 0) is 6.42 Å². The summed E-state index contributed by atoms with van der Waals surface area (Å²) in [6, 6.07) is 0. The number of amides is 1. The molecule has 0 aromatic carbocycles. The summed E-state index contributed by atoms with van der Waals surface area (Å²) >= 11 is 1.62. The average Bonchev–Trinajstić information content (AvgIpc) is 2.81. The van der Waals surface area contributed by atoms with Gasteiger partial charge in [0.2, 0.25) is 5.91 Å². The van der Waals surface area contributed by atoms with Crippen LogP contribution in [-0.2, 0) is 4.79 Å². The van der Waals surface area contributed by atoms with Crippen molar-refractivity contribution in [3.05, 3.63) is 16.6 Å². The number of hydrogen-bond donors (Lipinski definition) is 2. The van der Waals surface area contributed by atoms with E-state index in [9.17, 15) is 4.79 Å². The second kappa shape index (κ2) is 6.60. The highest BCUT2D eigenvalue weighted by molar-refractivity contribution is 7.09. The third-order valence-corrected chi connectivity index (χ3v) is 3.61. The molecule has 1 aromatic rings. The molecule has 0 aliphatic carbocycles. The lowest BCUT2D eigenvalue weighted by atomic mass is 10.1. The van der Waals surface area contributed by atoms with Crippen LogP contribution >= 0.6 is 11.3 Å². The van der Waals surface area contributed by atoms with Gasteiger partial charge in [0, 0.05) is 36.5 Å². The predicted molar refractivity (Wildman–Crippen MR) is 66.4 cm³/mol. The number of hydrogen-bond acceptors (Lipinski definition) is 4. The monoisotopic (exact) mass is 241 g/mol. The Morgan fingerprint density at radius 3 is 2.94 bits per heavy atom. The highest BCUT2D eigenvalue weighted by Gasteiger charge is 2.16. The van der Waals surface area contributed by atoms with E-state index in [2.05, 4.69) is 17.2 Å². The fraction of sp³-hybridized carbons (Fsp3) is 0.636. The highest BCUT2D eigenvalue weighted by atomic mass is 32.1. The molecule has 1 amide bonds. The Labute approximate surface area is 100 Å². The van der Waals surface area contributed by atoms with Crippen molar-refractivity contribution in [2.45, 2.75) is 26.2 Å². The molecule has 90 valence electrons. The van der Waals surface area contributed by atoms with Gasteiger partial charge in [-0.25, -0.2) is 4.98 Å². The van der Waals surface area contributed by atoms with Crippen LogP contribution in [0.4, 0.5) is 0 Å². The number of nitrogens with one attached hydrogen (secondary N) is 1. The fourth-order valence-corrected chi connectivity index (χ4v) is 2.12. The quantitative estimate of drug-likeness (QED) is 0.790. The summed E-state index contributed by atoms with van der Waals surface area (Å²) in [5.41, 5.74) is 5.51. The number of aromatic nitrogens is 1. The lowest BCUT2D eigenvalue weighted by Gasteiger charge is -2.14. The molecule has 0 bridgehead atoms. The smallest absolute Gasteiger partial charge is 0.224 e. The maximum absolute atomic E-state index is 11.7. The molecule has 0 aliphatic heterocycles. The van der Waals surface area contributed by atoms with E-state index >= 15 is 0 Å². The largest absolute Gasteiger partial charge is 0.355 e. The van der Waals surface area contributed by atoms with Gasteiger partial charge in [0.1, 0.15) is 0 Å². The number of carbonyl (C=O) groups is 1. The molecule has 3 N–H and O–H groups in total. The molecule has 1 aromatic heterocycles. The van der Waals surface area contributed by atoms with Crippen LogP contribution in [-0.4, -0.2) is 24.0 Å². The molecule has 0 saturated carbocycles.